The molecule has 0 spiro atoms. The van der Waals surface area contributed by atoms with Crippen molar-refractivity contribution >= 4 is 33.4 Å². The fourth-order valence-corrected chi connectivity index (χ4v) is 4.98. The van der Waals surface area contributed by atoms with Crippen LogP contribution in [0, 0.1) is 0 Å². The minimum atomic E-state index is -0.156. The molecule has 1 saturated heterocycles. The molecule has 0 radical (unpaired) electrons. The number of carbonyl (C=O) groups is 2. The highest BCUT2D eigenvalue weighted by Gasteiger charge is 2.33. The summed E-state index contributed by atoms with van der Waals surface area (Å²) in [6, 6.07) is 25.2. The Morgan fingerprint density at radius 1 is 1.03 bits per heavy atom. The summed E-state index contributed by atoms with van der Waals surface area (Å²) < 4.78 is 8.85. The Balaban J connectivity index is 1.41. The van der Waals surface area contributed by atoms with Crippen molar-refractivity contribution in [3.8, 4) is 5.75 Å². The number of benzene rings is 3. The van der Waals surface area contributed by atoms with E-state index in [4.69, 9.17) is 4.74 Å². The zero-order valence-corrected chi connectivity index (χ0v) is 22.6. The van der Waals surface area contributed by atoms with Crippen LogP contribution in [0.2, 0.25) is 0 Å². The van der Waals surface area contributed by atoms with E-state index in [0.717, 1.165) is 28.4 Å². The van der Waals surface area contributed by atoms with E-state index in [1.807, 2.05) is 58.0 Å². The van der Waals surface area contributed by atoms with Gasteiger partial charge in [0.05, 0.1) is 12.6 Å². The van der Waals surface area contributed by atoms with Crippen LogP contribution in [0.3, 0.4) is 0 Å². The van der Waals surface area contributed by atoms with Gasteiger partial charge >= 0.3 is 0 Å². The van der Waals surface area contributed by atoms with Crippen molar-refractivity contribution in [3.63, 3.8) is 0 Å². The normalized spacial score (nSPS) is 14.9. The molecule has 0 unspecified atom stereocenters. The van der Waals surface area contributed by atoms with Crippen molar-refractivity contribution in [2.75, 3.05) is 11.9 Å². The number of hydrogen-bond donors (Lipinski definition) is 1. The van der Waals surface area contributed by atoms with Crippen LogP contribution < -0.4 is 10.1 Å². The highest BCUT2D eigenvalue weighted by molar-refractivity contribution is 9.10. The van der Waals surface area contributed by atoms with Crippen LogP contribution in [0.4, 0.5) is 5.69 Å². The SMILES string of the molecule is CC(=O)Nc1cccc(OCc2nnc(C(=O)N3CCC[C@@H]3c3ccc(Br)cc3)n2Cc2ccccc2)c1. The van der Waals surface area contributed by atoms with E-state index in [1.54, 1.807) is 18.2 Å². The van der Waals surface area contributed by atoms with Crippen LogP contribution in [-0.2, 0) is 17.9 Å². The van der Waals surface area contributed by atoms with Gasteiger partial charge in [-0.05, 0) is 48.2 Å². The number of nitrogens with one attached hydrogen (secondary N) is 1. The molecule has 2 heterocycles. The molecule has 5 rings (SSSR count). The fraction of sp³-hybridized carbons (Fsp3) is 0.241. The van der Waals surface area contributed by atoms with Crippen LogP contribution in [0.15, 0.2) is 83.3 Å². The summed E-state index contributed by atoms with van der Waals surface area (Å²) in [5.74, 6) is 1.12. The first kappa shape index (κ1) is 25.7. The van der Waals surface area contributed by atoms with Crippen molar-refractivity contribution in [2.45, 2.75) is 39.0 Å². The number of halogens is 1. The Labute approximate surface area is 229 Å². The van der Waals surface area contributed by atoms with E-state index in [2.05, 4.69) is 43.6 Å². The van der Waals surface area contributed by atoms with Crippen molar-refractivity contribution < 1.29 is 14.3 Å². The molecule has 9 heteroatoms. The molecular weight excluding hydrogens is 546 g/mol. The number of rotatable bonds is 8. The average molecular weight is 574 g/mol. The number of likely N-dealkylation sites (tertiary alicyclic amines) is 1. The van der Waals surface area contributed by atoms with Gasteiger partial charge in [-0.1, -0.05) is 64.5 Å². The number of carbonyl (C=O) groups excluding carboxylic acids is 2. The quantitative estimate of drug-likeness (QED) is 0.296. The van der Waals surface area contributed by atoms with E-state index in [9.17, 15) is 9.59 Å². The molecule has 194 valence electrons. The number of ether oxygens (including phenoxy) is 1. The molecule has 38 heavy (non-hydrogen) atoms. The zero-order chi connectivity index (χ0) is 26.5. The first-order valence-corrected chi connectivity index (χ1v) is 13.3. The number of amides is 2. The van der Waals surface area contributed by atoms with E-state index in [1.165, 1.54) is 6.92 Å². The first-order valence-electron chi connectivity index (χ1n) is 12.5. The maximum absolute atomic E-state index is 13.9. The standard InChI is InChI=1S/C29H28BrN5O3/c1-20(36)31-24-9-5-10-25(17-24)38-19-27-32-33-28(35(27)18-21-7-3-2-4-8-21)29(37)34-16-6-11-26(34)22-12-14-23(30)15-13-22/h2-5,7-10,12-15,17,26H,6,11,16,18-19H2,1H3,(H,31,36)/t26-/m1/s1. The summed E-state index contributed by atoms with van der Waals surface area (Å²) in [4.78, 5) is 27.2. The third-order valence-corrected chi connectivity index (χ3v) is 7.02. The summed E-state index contributed by atoms with van der Waals surface area (Å²) in [5.41, 5.74) is 2.78. The van der Waals surface area contributed by atoms with Gasteiger partial charge in [0, 0.05) is 29.7 Å². The topological polar surface area (TPSA) is 89.3 Å². The molecule has 4 aromatic rings. The van der Waals surface area contributed by atoms with Crippen LogP contribution >= 0.6 is 15.9 Å². The molecule has 1 fully saturated rings. The van der Waals surface area contributed by atoms with Gasteiger partial charge in [0.1, 0.15) is 12.4 Å². The van der Waals surface area contributed by atoms with Gasteiger partial charge in [0.25, 0.3) is 5.91 Å². The second kappa shape index (κ2) is 11.6. The molecule has 1 atom stereocenters. The molecule has 3 aromatic carbocycles. The molecule has 1 aliphatic rings. The van der Waals surface area contributed by atoms with E-state index >= 15 is 0 Å². The Hall–Kier alpha value is -3.98. The first-order chi connectivity index (χ1) is 18.5. The Morgan fingerprint density at radius 3 is 2.58 bits per heavy atom. The van der Waals surface area contributed by atoms with Crippen molar-refractivity contribution in [2.24, 2.45) is 0 Å². The largest absolute Gasteiger partial charge is 0.486 e. The molecule has 0 aliphatic carbocycles. The van der Waals surface area contributed by atoms with Gasteiger partial charge in [-0.15, -0.1) is 10.2 Å². The summed E-state index contributed by atoms with van der Waals surface area (Å²) in [7, 11) is 0. The van der Waals surface area contributed by atoms with Crippen LogP contribution in [0.5, 0.6) is 5.75 Å². The second-order valence-corrected chi connectivity index (χ2v) is 10.1. The third-order valence-electron chi connectivity index (χ3n) is 6.49. The Morgan fingerprint density at radius 2 is 1.82 bits per heavy atom. The summed E-state index contributed by atoms with van der Waals surface area (Å²) >= 11 is 3.49. The lowest BCUT2D eigenvalue weighted by Crippen LogP contribution is -2.33. The summed E-state index contributed by atoms with van der Waals surface area (Å²) in [6.45, 7) is 2.68. The lowest BCUT2D eigenvalue weighted by molar-refractivity contribution is -0.114. The van der Waals surface area contributed by atoms with Crippen molar-refractivity contribution in [1.82, 2.24) is 19.7 Å². The van der Waals surface area contributed by atoms with E-state index in [-0.39, 0.29) is 24.5 Å². The van der Waals surface area contributed by atoms with Crippen molar-refractivity contribution in [1.29, 1.82) is 0 Å². The van der Waals surface area contributed by atoms with Crippen molar-refractivity contribution in [3.05, 3.63) is 106 Å². The molecule has 8 nitrogen and oxygen atoms in total. The van der Waals surface area contributed by atoms with Gasteiger partial charge in [0.15, 0.2) is 5.82 Å². The van der Waals surface area contributed by atoms with Crippen LogP contribution in [0.1, 0.15) is 53.4 Å². The van der Waals surface area contributed by atoms with Gasteiger partial charge in [0.2, 0.25) is 11.7 Å². The maximum atomic E-state index is 13.9. The summed E-state index contributed by atoms with van der Waals surface area (Å²) in [6.07, 6.45) is 1.83. The molecule has 1 aromatic heterocycles. The molecular formula is C29H28BrN5O3. The lowest BCUT2D eigenvalue weighted by atomic mass is 10.0. The predicted octanol–water partition coefficient (Wildman–Crippen LogP) is 5.60. The lowest BCUT2D eigenvalue weighted by Gasteiger charge is -2.25. The Kier molecular flexibility index (Phi) is 7.83. The second-order valence-electron chi connectivity index (χ2n) is 9.22. The van der Waals surface area contributed by atoms with Gasteiger partial charge in [-0.25, -0.2) is 0 Å². The smallest absolute Gasteiger partial charge is 0.292 e. The number of hydrogen-bond acceptors (Lipinski definition) is 5. The average Bonchev–Trinajstić information content (AvgIpc) is 3.56. The molecule has 1 aliphatic heterocycles. The zero-order valence-electron chi connectivity index (χ0n) is 21.0. The summed E-state index contributed by atoms with van der Waals surface area (Å²) in [5, 5.41) is 11.5. The predicted molar refractivity (Wildman–Crippen MR) is 148 cm³/mol. The molecule has 0 saturated carbocycles. The highest BCUT2D eigenvalue weighted by atomic mass is 79.9. The minimum Gasteiger partial charge on any atom is -0.486 e. The van der Waals surface area contributed by atoms with Crippen LogP contribution in [-0.4, -0.2) is 38.0 Å². The maximum Gasteiger partial charge on any atom is 0.292 e. The number of nitrogens with zero attached hydrogens (tertiary/aromatic N) is 4. The minimum absolute atomic E-state index is 0.00584. The third kappa shape index (κ3) is 5.94. The molecule has 1 N–H and O–H groups in total. The van der Waals surface area contributed by atoms with E-state index < -0.39 is 0 Å². The van der Waals surface area contributed by atoms with Gasteiger partial charge in [-0.2, -0.15) is 0 Å². The van der Waals surface area contributed by atoms with Gasteiger partial charge < -0.3 is 15.0 Å². The van der Waals surface area contributed by atoms with Gasteiger partial charge in [-0.3, -0.25) is 14.2 Å². The van der Waals surface area contributed by atoms with Crippen LogP contribution in [0.25, 0.3) is 0 Å². The number of anilines is 1. The number of aromatic nitrogens is 3. The molecule has 0 bridgehead atoms. The highest BCUT2D eigenvalue weighted by Crippen LogP contribution is 2.33. The fourth-order valence-electron chi connectivity index (χ4n) is 4.72. The van der Waals surface area contributed by atoms with E-state index in [0.29, 0.717) is 36.2 Å². The Bertz CT molecular complexity index is 1420. The monoisotopic (exact) mass is 573 g/mol. The molecule has 2 amide bonds.